The van der Waals surface area contributed by atoms with Crippen LogP contribution < -0.4 is 0 Å². The van der Waals surface area contributed by atoms with E-state index in [4.69, 9.17) is 4.42 Å². The average Bonchev–Trinajstić information content (AvgIpc) is 3.26. The van der Waals surface area contributed by atoms with Gasteiger partial charge in [0.1, 0.15) is 5.76 Å². The van der Waals surface area contributed by atoms with Gasteiger partial charge in [0.2, 0.25) is 0 Å². The summed E-state index contributed by atoms with van der Waals surface area (Å²) in [5.41, 5.74) is 2.02. The molecule has 1 amide bonds. The summed E-state index contributed by atoms with van der Waals surface area (Å²) in [4.78, 5) is 14.3. The Bertz CT molecular complexity index is 619. The van der Waals surface area contributed by atoms with Gasteiger partial charge < -0.3 is 9.32 Å². The fraction of sp³-hybridized carbons (Fsp3) is 0.353. The molecule has 1 aromatic carbocycles. The number of rotatable bonds is 4. The van der Waals surface area contributed by atoms with E-state index in [9.17, 15) is 4.79 Å². The Morgan fingerprint density at radius 2 is 1.91 bits per heavy atom. The van der Waals surface area contributed by atoms with Gasteiger partial charge in [-0.2, -0.15) is 0 Å². The van der Waals surface area contributed by atoms with Gasteiger partial charge in [-0.05, 0) is 36.8 Å². The lowest BCUT2D eigenvalue weighted by Crippen LogP contribution is -2.29. The molecule has 1 fully saturated rings. The van der Waals surface area contributed by atoms with Gasteiger partial charge in [-0.3, -0.25) is 4.79 Å². The molecule has 2 heterocycles. The molecule has 0 aliphatic carbocycles. The fourth-order valence-corrected chi connectivity index (χ4v) is 5.29. The number of carbonyl (C=O) groups is 1. The summed E-state index contributed by atoms with van der Waals surface area (Å²) >= 11 is 3.95. The van der Waals surface area contributed by atoms with E-state index in [0.717, 1.165) is 11.3 Å². The molecule has 1 aliphatic heterocycles. The van der Waals surface area contributed by atoms with Crippen LogP contribution in [0.3, 0.4) is 0 Å². The molecule has 1 saturated heterocycles. The van der Waals surface area contributed by atoms with Crippen molar-refractivity contribution in [2.24, 2.45) is 0 Å². The molecule has 0 saturated carbocycles. The zero-order valence-electron chi connectivity index (χ0n) is 12.7. The van der Waals surface area contributed by atoms with Crippen LogP contribution in [0, 0.1) is 0 Å². The Morgan fingerprint density at radius 3 is 2.50 bits per heavy atom. The molecular weight excluding hydrogens is 314 g/mol. The van der Waals surface area contributed by atoms with E-state index in [1.54, 1.807) is 11.2 Å². The number of furan rings is 1. The number of nitrogens with zero attached hydrogens (tertiary/aromatic N) is 1. The number of hydrogen-bond donors (Lipinski definition) is 0. The van der Waals surface area contributed by atoms with Crippen LogP contribution in [0.15, 0.2) is 47.1 Å². The lowest BCUT2D eigenvalue weighted by Gasteiger charge is -2.23. The van der Waals surface area contributed by atoms with Crippen molar-refractivity contribution in [2.75, 3.05) is 18.6 Å². The number of hydrogen-bond acceptors (Lipinski definition) is 4. The molecule has 0 N–H and O–H groups in total. The van der Waals surface area contributed by atoms with Crippen LogP contribution in [-0.2, 0) is 0 Å². The highest BCUT2D eigenvalue weighted by Crippen LogP contribution is 2.45. The van der Waals surface area contributed by atoms with E-state index in [1.165, 1.54) is 17.1 Å². The van der Waals surface area contributed by atoms with Gasteiger partial charge >= 0.3 is 0 Å². The predicted octanol–water partition coefficient (Wildman–Crippen LogP) is 4.59. The summed E-state index contributed by atoms with van der Waals surface area (Å²) in [7, 11) is 1.81. The zero-order valence-corrected chi connectivity index (χ0v) is 14.3. The summed E-state index contributed by atoms with van der Waals surface area (Å²) in [5, 5.41) is 0. The number of amides is 1. The van der Waals surface area contributed by atoms with Gasteiger partial charge in [-0.1, -0.05) is 12.1 Å². The third kappa shape index (κ3) is 3.20. The average molecular weight is 333 g/mol. The van der Waals surface area contributed by atoms with Gasteiger partial charge in [-0.25, -0.2) is 0 Å². The maximum Gasteiger partial charge on any atom is 0.254 e. The highest BCUT2D eigenvalue weighted by atomic mass is 32.2. The molecular formula is C17H19NO2S2. The number of carbonyl (C=O) groups excluding carboxylic acids is 1. The SMILES string of the molecule is CC(c1ccco1)N(C)C(=O)c1ccc(C2SCCS2)cc1. The van der Waals surface area contributed by atoms with Crippen LogP contribution >= 0.6 is 23.5 Å². The molecule has 0 spiro atoms. The lowest BCUT2D eigenvalue weighted by molar-refractivity contribution is 0.0726. The van der Waals surface area contributed by atoms with Crippen molar-refractivity contribution in [3.63, 3.8) is 0 Å². The standard InChI is InChI=1S/C17H19NO2S2/c1-12(15-4-3-9-20-15)18(2)16(19)13-5-7-14(8-6-13)17-21-10-11-22-17/h3-9,12,17H,10-11H2,1-2H3. The first-order chi connectivity index (χ1) is 10.7. The quantitative estimate of drug-likeness (QED) is 0.819. The molecule has 3 rings (SSSR count). The van der Waals surface area contributed by atoms with Crippen molar-refractivity contribution in [1.29, 1.82) is 0 Å². The Labute approximate surface area is 139 Å². The molecule has 116 valence electrons. The first-order valence-corrected chi connectivity index (χ1v) is 9.40. The molecule has 0 radical (unpaired) electrons. The van der Waals surface area contributed by atoms with Crippen LogP contribution in [0.25, 0.3) is 0 Å². The van der Waals surface area contributed by atoms with Gasteiger partial charge in [0.05, 0.1) is 16.9 Å². The number of thioether (sulfide) groups is 2. The van der Waals surface area contributed by atoms with Crippen molar-refractivity contribution in [3.05, 3.63) is 59.5 Å². The summed E-state index contributed by atoms with van der Waals surface area (Å²) in [5.74, 6) is 3.23. The molecule has 1 unspecified atom stereocenters. The van der Waals surface area contributed by atoms with Gasteiger partial charge in [0, 0.05) is 24.1 Å². The van der Waals surface area contributed by atoms with Crippen LogP contribution in [0.2, 0.25) is 0 Å². The molecule has 3 nitrogen and oxygen atoms in total. The van der Waals surface area contributed by atoms with E-state index >= 15 is 0 Å². The first-order valence-electron chi connectivity index (χ1n) is 7.30. The Morgan fingerprint density at radius 1 is 1.23 bits per heavy atom. The summed E-state index contributed by atoms with van der Waals surface area (Å²) in [6, 6.07) is 11.7. The van der Waals surface area contributed by atoms with Gasteiger partial charge in [0.25, 0.3) is 5.91 Å². The lowest BCUT2D eigenvalue weighted by atomic mass is 10.1. The third-order valence-corrected chi connectivity index (χ3v) is 7.01. The normalized spacial score (nSPS) is 16.6. The molecule has 1 aromatic heterocycles. The van der Waals surface area contributed by atoms with Crippen molar-refractivity contribution >= 4 is 29.4 Å². The zero-order chi connectivity index (χ0) is 15.5. The van der Waals surface area contributed by atoms with Crippen LogP contribution in [0.5, 0.6) is 0 Å². The molecule has 1 atom stereocenters. The van der Waals surface area contributed by atoms with Crippen LogP contribution in [0.1, 0.15) is 39.2 Å². The smallest absolute Gasteiger partial charge is 0.254 e. The van der Waals surface area contributed by atoms with Crippen molar-refractivity contribution < 1.29 is 9.21 Å². The number of benzene rings is 1. The van der Waals surface area contributed by atoms with Crippen LogP contribution in [0.4, 0.5) is 0 Å². The minimum Gasteiger partial charge on any atom is -0.467 e. The van der Waals surface area contributed by atoms with Crippen molar-refractivity contribution in [1.82, 2.24) is 4.90 Å². The topological polar surface area (TPSA) is 33.5 Å². The second-order valence-electron chi connectivity index (χ2n) is 5.30. The third-order valence-electron chi connectivity index (χ3n) is 3.91. The van der Waals surface area contributed by atoms with Crippen molar-refractivity contribution in [3.8, 4) is 0 Å². The predicted molar refractivity (Wildman–Crippen MR) is 93.3 cm³/mol. The maximum atomic E-state index is 12.6. The Balaban J connectivity index is 1.71. The maximum absolute atomic E-state index is 12.6. The second-order valence-corrected chi connectivity index (χ2v) is 8.03. The summed E-state index contributed by atoms with van der Waals surface area (Å²) in [6.07, 6.45) is 1.63. The van der Waals surface area contributed by atoms with E-state index in [2.05, 4.69) is 12.1 Å². The highest BCUT2D eigenvalue weighted by Gasteiger charge is 2.22. The van der Waals surface area contributed by atoms with Crippen molar-refractivity contribution in [2.45, 2.75) is 17.5 Å². The molecule has 5 heteroatoms. The summed E-state index contributed by atoms with van der Waals surface area (Å²) < 4.78 is 5.91. The Hall–Kier alpha value is -1.33. The van der Waals surface area contributed by atoms with E-state index < -0.39 is 0 Å². The van der Waals surface area contributed by atoms with E-state index in [-0.39, 0.29) is 11.9 Å². The molecule has 0 bridgehead atoms. The second kappa shape index (κ2) is 6.84. The molecule has 1 aliphatic rings. The minimum atomic E-state index is -0.0804. The van der Waals surface area contributed by atoms with E-state index in [1.807, 2.05) is 61.8 Å². The van der Waals surface area contributed by atoms with Gasteiger partial charge in [0.15, 0.2) is 0 Å². The van der Waals surface area contributed by atoms with Crippen LogP contribution in [-0.4, -0.2) is 29.4 Å². The van der Waals surface area contributed by atoms with E-state index in [0.29, 0.717) is 4.58 Å². The largest absolute Gasteiger partial charge is 0.467 e. The monoisotopic (exact) mass is 333 g/mol. The highest BCUT2D eigenvalue weighted by molar-refractivity contribution is 8.19. The molecule has 22 heavy (non-hydrogen) atoms. The summed E-state index contributed by atoms with van der Waals surface area (Å²) in [6.45, 7) is 1.97. The Kier molecular flexibility index (Phi) is 4.84. The van der Waals surface area contributed by atoms with Gasteiger partial charge in [-0.15, -0.1) is 23.5 Å². The fourth-order valence-electron chi connectivity index (χ4n) is 2.43. The minimum absolute atomic E-state index is 0.0159. The first kappa shape index (κ1) is 15.6. The molecule has 2 aromatic rings.